The standard InChI is InChI=1S/C6H6O7S/c7-1-2(8)5(10)13-4(1)3(9)6(11)14-12/h3-4,7-9,11H/t3-,4+/m1/s1. The van der Waals surface area contributed by atoms with Crippen LogP contribution in [0.5, 0.6) is 0 Å². The molecule has 78 valence electrons. The summed E-state index contributed by atoms with van der Waals surface area (Å²) in [5, 5.41) is 34.8. The molecule has 0 aromatic heterocycles. The third-order valence-corrected chi connectivity index (χ3v) is 1.98. The Morgan fingerprint density at radius 3 is 2.43 bits per heavy atom. The van der Waals surface area contributed by atoms with E-state index in [1.54, 1.807) is 0 Å². The van der Waals surface area contributed by atoms with Gasteiger partial charge >= 0.3 is 5.97 Å². The average Bonchev–Trinajstić information content (AvgIpc) is 2.43. The number of rotatable bonds is 2. The largest absolute Gasteiger partial charge is 0.505 e. The molecule has 0 radical (unpaired) electrons. The molecule has 4 N–H and O–H groups in total. The molecule has 0 saturated carbocycles. The number of hydrogen-bond acceptors (Lipinski definition) is 6. The third-order valence-electron chi connectivity index (χ3n) is 1.56. The lowest BCUT2D eigenvalue weighted by Gasteiger charge is -2.14. The Bertz CT molecular complexity index is 353. The van der Waals surface area contributed by atoms with Gasteiger partial charge in [-0.2, -0.15) is 0 Å². The van der Waals surface area contributed by atoms with Crippen molar-refractivity contribution in [3.8, 4) is 0 Å². The minimum atomic E-state index is -1.87. The van der Waals surface area contributed by atoms with Crippen molar-refractivity contribution < 1.29 is 34.2 Å². The van der Waals surface area contributed by atoms with Crippen LogP contribution in [0.25, 0.3) is 0 Å². The van der Waals surface area contributed by atoms with Gasteiger partial charge in [0, 0.05) is 0 Å². The SMILES string of the molecule is O=S=C(O)[C@H](O)[C@H]1OC(=O)C(O)=C1O. The van der Waals surface area contributed by atoms with Gasteiger partial charge in [0.15, 0.2) is 23.0 Å². The molecule has 1 aliphatic rings. The Labute approximate surface area is 80.9 Å². The highest BCUT2D eigenvalue weighted by Gasteiger charge is 2.40. The molecule has 7 nitrogen and oxygen atoms in total. The molecule has 1 aliphatic heterocycles. The van der Waals surface area contributed by atoms with Gasteiger partial charge in [0.2, 0.25) is 5.76 Å². The molecule has 0 fully saturated rings. The van der Waals surface area contributed by atoms with E-state index in [1.807, 2.05) is 0 Å². The summed E-state index contributed by atoms with van der Waals surface area (Å²) in [5.41, 5.74) is 0. The quantitative estimate of drug-likeness (QED) is 0.331. The van der Waals surface area contributed by atoms with Crippen LogP contribution in [0.4, 0.5) is 0 Å². The van der Waals surface area contributed by atoms with Crippen LogP contribution in [0.15, 0.2) is 11.5 Å². The first-order valence-electron chi connectivity index (χ1n) is 3.35. The van der Waals surface area contributed by atoms with Gasteiger partial charge in [-0.25, -0.2) is 9.00 Å². The van der Waals surface area contributed by atoms with Crippen LogP contribution >= 0.6 is 0 Å². The van der Waals surface area contributed by atoms with Crippen molar-refractivity contribution >= 4 is 22.3 Å². The van der Waals surface area contributed by atoms with Crippen LogP contribution in [0.2, 0.25) is 0 Å². The molecular weight excluding hydrogens is 216 g/mol. The van der Waals surface area contributed by atoms with Crippen LogP contribution in [0.3, 0.4) is 0 Å². The summed E-state index contributed by atoms with van der Waals surface area (Å²) in [5.74, 6) is -3.18. The number of carbonyl (C=O) groups excluding carboxylic acids is 1. The molecule has 8 heteroatoms. The van der Waals surface area contributed by atoms with Crippen molar-refractivity contribution in [1.82, 2.24) is 0 Å². The highest BCUT2D eigenvalue weighted by Crippen LogP contribution is 2.21. The van der Waals surface area contributed by atoms with Crippen molar-refractivity contribution in [3.63, 3.8) is 0 Å². The van der Waals surface area contributed by atoms with E-state index >= 15 is 0 Å². The first-order valence-corrected chi connectivity index (χ1v) is 4.10. The smallest absolute Gasteiger partial charge is 0.378 e. The van der Waals surface area contributed by atoms with Crippen molar-refractivity contribution in [1.29, 1.82) is 0 Å². The van der Waals surface area contributed by atoms with Gasteiger partial charge in [-0.05, 0) is 0 Å². The van der Waals surface area contributed by atoms with Crippen LogP contribution in [0, 0.1) is 0 Å². The second kappa shape index (κ2) is 3.78. The first kappa shape index (κ1) is 10.7. The molecule has 0 aromatic carbocycles. The van der Waals surface area contributed by atoms with E-state index in [-0.39, 0.29) is 0 Å². The molecule has 1 rings (SSSR count). The lowest BCUT2D eigenvalue weighted by Crippen LogP contribution is -2.35. The number of ether oxygens (including phenoxy) is 1. The van der Waals surface area contributed by atoms with E-state index < -0.39 is 46.0 Å². The van der Waals surface area contributed by atoms with Crippen LogP contribution in [-0.2, 0) is 20.8 Å². The third kappa shape index (κ3) is 1.62. The van der Waals surface area contributed by atoms with Gasteiger partial charge in [0.25, 0.3) is 0 Å². The van der Waals surface area contributed by atoms with Crippen LogP contribution in [-0.4, -0.2) is 47.9 Å². The van der Waals surface area contributed by atoms with E-state index in [1.165, 1.54) is 0 Å². The van der Waals surface area contributed by atoms with E-state index in [2.05, 4.69) is 4.74 Å². The minimum absolute atomic E-state index is 0.410. The topological polar surface area (TPSA) is 124 Å². The zero-order chi connectivity index (χ0) is 10.9. The van der Waals surface area contributed by atoms with E-state index in [0.29, 0.717) is 0 Å². The van der Waals surface area contributed by atoms with Crippen molar-refractivity contribution in [2.75, 3.05) is 0 Å². The fourth-order valence-electron chi connectivity index (χ4n) is 0.859. The summed E-state index contributed by atoms with van der Waals surface area (Å²) in [4.78, 5) is 10.6. The molecule has 0 amide bonds. The lowest BCUT2D eigenvalue weighted by molar-refractivity contribution is -0.145. The van der Waals surface area contributed by atoms with Crippen molar-refractivity contribution in [3.05, 3.63) is 11.5 Å². The Balaban J connectivity index is 2.94. The molecule has 2 atom stereocenters. The number of carbonyl (C=O) groups is 1. The number of esters is 1. The summed E-state index contributed by atoms with van der Waals surface area (Å²) in [6.45, 7) is 0. The lowest BCUT2D eigenvalue weighted by atomic mass is 10.2. The molecular formula is C6H6O7S. The molecule has 0 unspecified atom stereocenters. The van der Waals surface area contributed by atoms with Gasteiger partial charge < -0.3 is 25.2 Å². The Hall–Kier alpha value is -1.38. The summed E-state index contributed by atoms with van der Waals surface area (Å²) in [7, 11) is 0. The second-order valence-corrected chi connectivity index (χ2v) is 3.01. The zero-order valence-corrected chi connectivity index (χ0v) is 7.39. The van der Waals surface area contributed by atoms with Crippen molar-refractivity contribution in [2.45, 2.75) is 12.2 Å². The molecule has 0 aliphatic carbocycles. The van der Waals surface area contributed by atoms with E-state index in [0.717, 1.165) is 0 Å². The number of hydrogen-bond donors (Lipinski definition) is 4. The Kier molecular flexibility index (Phi) is 2.89. The average molecular weight is 222 g/mol. The van der Waals surface area contributed by atoms with Gasteiger partial charge in [0.1, 0.15) is 11.3 Å². The molecule has 0 spiro atoms. The fraction of sp³-hybridized carbons (Fsp3) is 0.333. The van der Waals surface area contributed by atoms with Gasteiger partial charge in [-0.1, -0.05) is 0 Å². The maximum absolute atomic E-state index is 10.6. The summed E-state index contributed by atoms with van der Waals surface area (Å²) in [6.07, 6.45) is -3.50. The highest BCUT2D eigenvalue weighted by atomic mass is 32.1. The van der Waals surface area contributed by atoms with Crippen LogP contribution < -0.4 is 0 Å². The number of aliphatic hydroxyl groups excluding tert-OH is 4. The van der Waals surface area contributed by atoms with Crippen LogP contribution in [0.1, 0.15) is 0 Å². The summed E-state index contributed by atoms with van der Waals surface area (Å²) >= 11 is -0.410. The predicted octanol–water partition coefficient (Wildman–Crippen LogP) is -1.50. The van der Waals surface area contributed by atoms with E-state index in [9.17, 15) is 9.00 Å². The zero-order valence-electron chi connectivity index (χ0n) is 6.58. The van der Waals surface area contributed by atoms with Gasteiger partial charge in [0.05, 0.1) is 0 Å². The number of cyclic esters (lactones) is 1. The molecule has 0 saturated heterocycles. The van der Waals surface area contributed by atoms with Gasteiger partial charge in [-0.3, -0.25) is 0 Å². The Morgan fingerprint density at radius 2 is 2.07 bits per heavy atom. The van der Waals surface area contributed by atoms with E-state index in [4.69, 9.17) is 20.4 Å². The van der Waals surface area contributed by atoms with Crippen molar-refractivity contribution in [2.24, 2.45) is 0 Å². The summed E-state index contributed by atoms with van der Waals surface area (Å²) < 4.78 is 14.3. The second-order valence-electron chi connectivity index (χ2n) is 2.43. The summed E-state index contributed by atoms with van der Waals surface area (Å²) in [6, 6.07) is 0. The Morgan fingerprint density at radius 1 is 1.50 bits per heavy atom. The number of aliphatic hydroxyl groups is 4. The maximum Gasteiger partial charge on any atom is 0.378 e. The first-order chi connectivity index (χ1) is 6.49. The fourth-order valence-corrected chi connectivity index (χ4v) is 1.08. The monoisotopic (exact) mass is 222 g/mol. The molecule has 14 heavy (non-hydrogen) atoms. The highest BCUT2D eigenvalue weighted by molar-refractivity contribution is 7.66. The predicted molar refractivity (Wildman–Crippen MR) is 43.9 cm³/mol. The molecule has 0 aromatic rings. The molecule has 1 heterocycles. The minimum Gasteiger partial charge on any atom is -0.505 e. The maximum atomic E-state index is 10.6. The molecule has 0 bridgehead atoms. The normalized spacial score (nSPS) is 23.3. The van der Waals surface area contributed by atoms with Gasteiger partial charge in [-0.15, -0.1) is 0 Å².